The van der Waals surface area contributed by atoms with Crippen molar-refractivity contribution in [3.05, 3.63) is 106 Å². The Kier molecular flexibility index (Phi) is 3.27. The summed E-state index contributed by atoms with van der Waals surface area (Å²) in [5, 5.41) is 6.62. The number of benzene rings is 3. The molecule has 6 rings (SSSR count). The van der Waals surface area contributed by atoms with Crippen LogP contribution in [0, 0.1) is 6.92 Å². The molecule has 0 spiro atoms. The van der Waals surface area contributed by atoms with Gasteiger partial charge < -0.3 is 14.2 Å². The average molecular weight is 379 g/mol. The topological polar surface area (TPSA) is 55.4 Å². The van der Waals surface area contributed by atoms with Crippen LogP contribution in [-0.2, 0) is 0 Å². The van der Waals surface area contributed by atoms with Gasteiger partial charge in [-0.2, -0.15) is 0 Å². The van der Waals surface area contributed by atoms with Crippen LogP contribution in [0.15, 0.2) is 86.4 Å². The molecule has 0 fully saturated rings. The molecule has 1 N–H and O–H groups in total. The molecule has 4 nitrogen and oxygen atoms in total. The zero-order chi connectivity index (χ0) is 19.5. The van der Waals surface area contributed by atoms with E-state index >= 15 is 0 Å². The van der Waals surface area contributed by atoms with Crippen LogP contribution in [-0.4, -0.2) is 0 Å². The quantitative estimate of drug-likeness (QED) is 0.352. The minimum Gasteiger partial charge on any atom is -0.465 e. The third-order valence-electron chi connectivity index (χ3n) is 5.70. The Morgan fingerprint density at radius 1 is 0.793 bits per heavy atom. The third kappa shape index (κ3) is 2.29. The summed E-state index contributed by atoms with van der Waals surface area (Å²) >= 11 is 0. The largest absolute Gasteiger partial charge is 0.465 e. The highest BCUT2D eigenvalue weighted by Gasteiger charge is 2.35. The second kappa shape index (κ2) is 5.85. The van der Waals surface area contributed by atoms with Crippen molar-refractivity contribution in [1.29, 1.82) is 0 Å². The van der Waals surface area contributed by atoms with Crippen LogP contribution in [0.4, 0.5) is 11.4 Å². The number of fused-ring (bicyclic) bond motifs is 6. The second-order valence-corrected chi connectivity index (χ2v) is 7.43. The zero-order valence-electron chi connectivity index (χ0n) is 15.7. The van der Waals surface area contributed by atoms with Crippen LogP contribution in [0.25, 0.3) is 21.7 Å². The summed E-state index contributed by atoms with van der Waals surface area (Å²) in [7, 11) is 0. The Hall–Kier alpha value is -3.79. The number of furan rings is 1. The van der Waals surface area contributed by atoms with Crippen LogP contribution in [0.5, 0.6) is 0 Å². The summed E-state index contributed by atoms with van der Waals surface area (Å²) in [5.41, 5.74) is 3.62. The van der Waals surface area contributed by atoms with Crippen molar-refractivity contribution in [1.82, 2.24) is 0 Å². The number of hydrogen-bond donors (Lipinski definition) is 1. The lowest BCUT2D eigenvalue weighted by Crippen LogP contribution is -2.22. The summed E-state index contributed by atoms with van der Waals surface area (Å²) in [5.74, 6) is 1.21. The lowest BCUT2D eigenvalue weighted by Gasteiger charge is -2.29. The second-order valence-electron chi connectivity index (χ2n) is 7.43. The first-order valence-electron chi connectivity index (χ1n) is 9.61. The van der Waals surface area contributed by atoms with E-state index in [0.717, 1.165) is 44.6 Å². The van der Waals surface area contributed by atoms with Crippen LogP contribution >= 0.6 is 0 Å². The number of aryl methyl sites for hydroxylation is 1. The highest BCUT2D eigenvalue weighted by molar-refractivity contribution is 6.00. The van der Waals surface area contributed by atoms with E-state index in [9.17, 15) is 4.79 Å². The van der Waals surface area contributed by atoms with E-state index < -0.39 is 0 Å². The van der Waals surface area contributed by atoms with Gasteiger partial charge in [0.05, 0.1) is 17.2 Å². The smallest absolute Gasteiger partial charge is 0.342 e. The highest BCUT2D eigenvalue weighted by Crippen LogP contribution is 2.48. The molecule has 5 aromatic rings. The lowest BCUT2D eigenvalue weighted by molar-refractivity contribution is 0.470. The predicted molar refractivity (Wildman–Crippen MR) is 114 cm³/mol. The Labute approximate surface area is 166 Å². The van der Waals surface area contributed by atoms with E-state index in [2.05, 4.69) is 29.6 Å². The summed E-state index contributed by atoms with van der Waals surface area (Å²) in [6.07, 6.45) is 0. The molecule has 29 heavy (non-hydrogen) atoms. The molecule has 1 aliphatic rings. The highest BCUT2D eigenvalue weighted by atomic mass is 16.4. The van der Waals surface area contributed by atoms with Crippen molar-refractivity contribution >= 4 is 33.1 Å². The Balaban J connectivity index is 1.77. The molecule has 1 aliphatic heterocycles. The minimum absolute atomic E-state index is 0.344. The first-order chi connectivity index (χ1) is 14.2. The van der Waals surface area contributed by atoms with Gasteiger partial charge in [0.1, 0.15) is 17.1 Å². The maximum atomic E-state index is 13.2. The van der Waals surface area contributed by atoms with Gasteiger partial charge in [-0.15, -0.1) is 0 Å². The van der Waals surface area contributed by atoms with Gasteiger partial charge >= 0.3 is 5.63 Å². The van der Waals surface area contributed by atoms with Gasteiger partial charge in [-0.3, -0.25) is 0 Å². The van der Waals surface area contributed by atoms with Crippen LogP contribution in [0.1, 0.15) is 28.6 Å². The molecule has 140 valence electrons. The zero-order valence-corrected chi connectivity index (χ0v) is 15.7. The van der Waals surface area contributed by atoms with Crippen molar-refractivity contribution in [2.75, 3.05) is 5.32 Å². The molecule has 1 atom stereocenters. The van der Waals surface area contributed by atoms with Gasteiger partial charge in [0.25, 0.3) is 0 Å². The molecule has 0 saturated heterocycles. The number of anilines is 2. The van der Waals surface area contributed by atoms with Crippen molar-refractivity contribution in [3.63, 3.8) is 0 Å². The molecule has 4 heteroatoms. The fourth-order valence-corrected chi connectivity index (χ4v) is 4.45. The number of hydrogen-bond acceptors (Lipinski definition) is 4. The third-order valence-corrected chi connectivity index (χ3v) is 5.70. The summed E-state index contributed by atoms with van der Waals surface area (Å²) in [6, 6.07) is 23.9. The van der Waals surface area contributed by atoms with E-state index in [0.29, 0.717) is 11.1 Å². The summed E-state index contributed by atoms with van der Waals surface area (Å²) < 4.78 is 11.8. The van der Waals surface area contributed by atoms with Gasteiger partial charge in [0.2, 0.25) is 0 Å². The molecular weight excluding hydrogens is 362 g/mol. The average Bonchev–Trinajstić information content (AvgIpc) is 3.18. The summed E-state index contributed by atoms with van der Waals surface area (Å²) in [6.45, 7) is 1.92. The van der Waals surface area contributed by atoms with Crippen LogP contribution < -0.4 is 10.9 Å². The van der Waals surface area contributed by atoms with E-state index in [-0.39, 0.29) is 11.5 Å². The molecular formula is C25H17NO3. The molecule has 0 saturated carbocycles. The molecule has 3 aromatic carbocycles. The fourth-order valence-electron chi connectivity index (χ4n) is 4.45. The van der Waals surface area contributed by atoms with Gasteiger partial charge in [-0.1, -0.05) is 42.5 Å². The Morgan fingerprint density at radius 3 is 2.41 bits per heavy atom. The first-order valence-corrected chi connectivity index (χ1v) is 9.61. The van der Waals surface area contributed by atoms with Crippen molar-refractivity contribution in [2.45, 2.75) is 12.8 Å². The van der Waals surface area contributed by atoms with Crippen molar-refractivity contribution in [2.24, 2.45) is 0 Å². The van der Waals surface area contributed by atoms with Gasteiger partial charge in [0, 0.05) is 11.1 Å². The number of rotatable bonds is 1. The van der Waals surface area contributed by atoms with Crippen molar-refractivity contribution < 1.29 is 8.83 Å². The standard InChI is InChI=1S/C25H17NO3/c1-14-10-13-20(28-14)22-21-16-7-3-2-6-15(16)11-12-18(21)26-24-17-8-4-5-9-19(17)29-25(27)23(22)24/h2-13,22,26H,1H3/t22-/m1/s1. The maximum absolute atomic E-state index is 13.2. The monoisotopic (exact) mass is 379 g/mol. The molecule has 0 radical (unpaired) electrons. The molecule has 0 aliphatic carbocycles. The maximum Gasteiger partial charge on any atom is 0.342 e. The molecule has 3 heterocycles. The van der Waals surface area contributed by atoms with E-state index in [1.165, 1.54) is 0 Å². The number of para-hydroxylation sites is 1. The van der Waals surface area contributed by atoms with Crippen LogP contribution in [0.3, 0.4) is 0 Å². The lowest BCUT2D eigenvalue weighted by atomic mass is 9.81. The van der Waals surface area contributed by atoms with E-state index in [1.54, 1.807) is 0 Å². The molecule has 0 bridgehead atoms. The Bertz CT molecular complexity index is 1480. The normalized spacial score (nSPS) is 15.1. The SMILES string of the molecule is Cc1ccc([C@H]2c3c(c4ccccc4oc3=O)Nc3ccc4ccccc4c32)o1. The summed E-state index contributed by atoms with van der Waals surface area (Å²) in [4.78, 5) is 13.2. The van der Waals surface area contributed by atoms with Crippen LogP contribution in [0.2, 0.25) is 0 Å². The first kappa shape index (κ1) is 16.2. The molecule has 2 aromatic heterocycles. The molecule has 0 unspecified atom stereocenters. The number of nitrogens with one attached hydrogen (secondary N) is 1. The minimum atomic E-state index is -0.345. The van der Waals surface area contributed by atoms with Gasteiger partial charge in [0.15, 0.2) is 0 Å². The van der Waals surface area contributed by atoms with Gasteiger partial charge in [-0.05, 0) is 53.6 Å². The van der Waals surface area contributed by atoms with E-state index in [1.807, 2.05) is 55.5 Å². The van der Waals surface area contributed by atoms with Crippen molar-refractivity contribution in [3.8, 4) is 0 Å². The van der Waals surface area contributed by atoms with Gasteiger partial charge in [-0.25, -0.2) is 4.79 Å². The Morgan fingerprint density at radius 2 is 1.59 bits per heavy atom. The predicted octanol–water partition coefficient (Wildman–Crippen LogP) is 6.08. The van der Waals surface area contributed by atoms with E-state index in [4.69, 9.17) is 8.83 Å². The molecule has 0 amide bonds. The fraction of sp³-hybridized carbons (Fsp3) is 0.0800.